The number of ether oxygens (including phenoxy) is 2. The van der Waals surface area contributed by atoms with Crippen LogP contribution in [0.4, 0.5) is 28.4 Å². The Morgan fingerprint density at radius 3 is 0.832 bits per heavy atom. The predicted octanol–water partition coefficient (Wildman–Crippen LogP) is 19.4. The molecule has 0 unspecified atom stereocenters. The zero-order valence-electron chi connectivity index (χ0n) is 69.3. The van der Waals surface area contributed by atoms with Crippen LogP contribution in [0.2, 0.25) is 5.02 Å². The highest BCUT2D eigenvalue weighted by atomic mass is 127. The molecule has 24 rings (SSSR count). The summed E-state index contributed by atoms with van der Waals surface area (Å²) in [5, 5.41) is 16.0. The van der Waals surface area contributed by atoms with Gasteiger partial charge in [0.25, 0.3) is 0 Å². The van der Waals surface area contributed by atoms with Crippen molar-refractivity contribution in [3.05, 3.63) is 509 Å². The molecule has 0 bridgehead atoms. The van der Waals surface area contributed by atoms with Gasteiger partial charge in [0.2, 0.25) is 13.4 Å². The van der Waals surface area contributed by atoms with Gasteiger partial charge in [-0.3, -0.25) is 0 Å². The maximum atomic E-state index is 6.65. The number of rotatable bonds is 7. The molecule has 0 saturated carbocycles. The average molecular weight is 1770 g/mol. The molecule has 0 fully saturated rings. The zero-order valence-corrected chi connectivity index (χ0v) is 74.4. The SMILES string of the molecule is C.Cc1cc(Cl)cc(C)c1B1c2ccccc2[Si](c2ccccc2)(c2ccccc2)c2ccccc21.Cc1cc(N2c3ccccc3C3(c4ccccc4Oc4ccccc43)c3ccccc32)cc(C)c1B1c2ccccc2[Si](c2ccccc2)(c2ccccc2)c2ccccc21.I.c1ccc2c(c1)Nc1ccccc1C21c2ccccc2Oc2ccccc21. The first kappa shape index (κ1) is 80.2. The molecule has 1 N–H and O–H groups in total. The monoisotopic (exact) mass is 1770 g/mol. The molecule has 18 aromatic rings. The van der Waals surface area contributed by atoms with Crippen molar-refractivity contribution in [1.29, 1.82) is 0 Å². The Morgan fingerprint density at radius 2 is 0.512 bits per heavy atom. The Balaban J connectivity index is 0.000000130. The highest BCUT2D eigenvalue weighted by Gasteiger charge is 2.55. The van der Waals surface area contributed by atoms with Crippen LogP contribution in [0.3, 0.4) is 0 Å². The van der Waals surface area contributed by atoms with Gasteiger partial charge in [0.1, 0.15) is 23.0 Å². The van der Waals surface area contributed by atoms with Crippen LogP contribution in [0.15, 0.2) is 437 Å². The highest BCUT2D eigenvalue weighted by molar-refractivity contribution is 14.0. The van der Waals surface area contributed by atoms with Crippen LogP contribution in [0.5, 0.6) is 23.0 Å². The molecule has 0 aromatic heterocycles. The summed E-state index contributed by atoms with van der Waals surface area (Å²) >= 11 is 6.47. The molecule has 0 atom stereocenters. The summed E-state index contributed by atoms with van der Waals surface area (Å²) < 4.78 is 13.0. The van der Waals surface area contributed by atoms with Gasteiger partial charge in [0.15, 0.2) is 16.1 Å². The van der Waals surface area contributed by atoms with Gasteiger partial charge in [-0.2, -0.15) is 0 Å². The van der Waals surface area contributed by atoms with Crippen molar-refractivity contribution >= 4 is 168 Å². The van der Waals surface area contributed by atoms with Crippen LogP contribution in [0, 0.1) is 27.7 Å². The summed E-state index contributed by atoms with van der Waals surface area (Å²) in [6, 6.07) is 160. The van der Waals surface area contributed by atoms with Crippen molar-refractivity contribution < 1.29 is 9.47 Å². The third-order valence-corrected chi connectivity index (χ3v) is 37.2. The minimum atomic E-state index is -2.69. The standard InChI is InChI=1S/C57H42BNOSi.C32H26BClSi.C25H17NO.CH4.HI/c1-39-37-41(59-50-31-15-9-25-44(50)57(45-26-10-16-32-51(45)59)46-27-11-17-33-52(46)60-53-34-18-12-28-47(53)57)38-40(2)56(39)58-48-29-13-19-35-54(48)61(42-21-5-3-6-22-42,43-23-7-4-8-24-43)55-36-20-14-30-49(55)58;1-23-21-25(34)22-24(2)32(23)33-28-17-9-11-19-30(28)35(26-13-5-3-6-14-26,27-15-7-4-8-16-27)31-20-12-10-18-29(31)33;1-5-13-21-17(9-1)25(18-10-2-6-14-22(18)26-21)19-11-3-7-15-23(19)27-24-16-8-4-12-20(24)25;;/h3-38H,1-2H3;3-22H,1-2H3;1-16,26H;1H4;1H. The Kier molecular flexibility index (Phi) is 20.8. The maximum absolute atomic E-state index is 6.65. The average Bonchev–Trinajstić information content (AvgIpc) is 0.663. The van der Waals surface area contributed by atoms with E-state index in [-0.39, 0.29) is 44.8 Å². The fraction of sp³-hybridized carbons (Fsp3) is 0.0609. The summed E-state index contributed by atoms with van der Waals surface area (Å²) in [4.78, 5) is 2.51. The Labute approximate surface area is 758 Å². The van der Waals surface area contributed by atoms with Gasteiger partial charge >= 0.3 is 0 Å². The van der Waals surface area contributed by atoms with Gasteiger partial charge in [0.05, 0.1) is 22.2 Å². The molecule has 125 heavy (non-hydrogen) atoms. The van der Waals surface area contributed by atoms with E-state index < -0.39 is 27.0 Å². The molecule has 0 saturated heterocycles. The smallest absolute Gasteiger partial charge is 0.241 e. The van der Waals surface area contributed by atoms with Gasteiger partial charge in [-0.15, -0.1) is 24.0 Å². The number of anilines is 5. The summed E-state index contributed by atoms with van der Waals surface area (Å²) in [5.74, 6) is 3.63. The molecule has 0 aliphatic carbocycles. The van der Waals surface area contributed by atoms with E-state index in [9.17, 15) is 0 Å². The van der Waals surface area contributed by atoms with Crippen LogP contribution < -0.4 is 94.0 Å². The van der Waals surface area contributed by atoms with Crippen molar-refractivity contribution in [2.24, 2.45) is 0 Å². The van der Waals surface area contributed by atoms with E-state index in [4.69, 9.17) is 21.1 Å². The van der Waals surface area contributed by atoms with Gasteiger partial charge in [-0.25, -0.2) is 0 Å². The Hall–Kier alpha value is -13.3. The lowest BCUT2D eigenvalue weighted by Crippen LogP contribution is -2.86. The van der Waals surface area contributed by atoms with Gasteiger partial charge in [-0.1, -0.05) is 438 Å². The van der Waals surface area contributed by atoms with Crippen LogP contribution in [-0.4, -0.2) is 29.6 Å². The maximum Gasteiger partial charge on any atom is 0.241 e. The highest BCUT2D eigenvalue weighted by Crippen LogP contribution is 2.64. The lowest BCUT2D eigenvalue weighted by atomic mass is 9.35. The van der Waals surface area contributed by atoms with E-state index in [2.05, 4.69) is 463 Å². The minimum absolute atomic E-state index is 0. The second-order valence-corrected chi connectivity index (χ2v) is 41.3. The summed E-state index contributed by atoms with van der Waals surface area (Å²) in [6.45, 7) is 9.32. The van der Waals surface area contributed by atoms with Crippen molar-refractivity contribution in [3.8, 4) is 23.0 Å². The second kappa shape index (κ2) is 32.4. The largest absolute Gasteiger partial charge is 0.457 e. The third-order valence-electron chi connectivity index (χ3n) is 27.1. The number of nitrogens with zero attached hydrogens (tertiary/aromatic N) is 1. The fourth-order valence-electron chi connectivity index (χ4n) is 22.7. The number of fused-ring (bicyclic) bond motifs is 20. The molecular weight excluding hydrogens is 1680 g/mol. The number of nitrogens with one attached hydrogen (secondary N) is 1. The number of benzene rings is 18. The van der Waals surface area contributed by atoms with E-state index in [1.54, 1.807) is 0 Å². The lowest BCUT2D eigenvalue weighted by molar-refractivity contribution is 0.434. The number of para-hydroxylation sites is 8. The number of aryl methyl sites for hydroxylation is 4. The Morgan fingerprint density at radius 1 is 0.272 bits per heavy atom. The van der Waals surface area contributed by atoms with Gasteiger partial charge in [0, 0.05) is 44.3 Å². The van der Waals surface area contributed by atoms with Crippen molar-refractivity contribution in [3.63, 3.8) is 0 Å². The lowest BCUT2D eigenvalue weighted by Gasteiger charge is -2.48. The molecule has 0 radical (unpaired) electrons. The molecule has 4 nitrogen and oxygen atoms in total. The summed E-state index contributed by atoms with van der Waals surface area (Å²) in [6.07, 6.45) is 0. The molecule has 18 aromatic carbocycles. The molecule has 6 heterocycles. The zero-order chi connectivity index (χ0) is 82.5. The van der Waals surface area contributed by atoms with Crippen molar-refractivity contribution in [2.45, 2.75) is 46.0 Å². The third kappa shape index (κ3) is 12.3. The predicted molar refractivity (Wildman–Crippen MR) is 543 cm³/mol. The van der Waals surface area contributed by atoms with Crippen molar-refractivity contribution in [2.75, 3.05) is 10.2 Å². The van der Waals surface area contributed by atoms with Crippen LogP contribution in [-0.2, 0) is 10.8 Å². The van der Waals surface area contributed by atoms with E-state index >= 15 is 0 Å². The van der Waals surface area contributed by atoms with Crippen molar-refractivity contribution in [1.82, 2.24) is 0 Å². The number of hydrogen-bond donors (Lipinski definition) is 1. The van der Waals surface area contributed by atoms with E-state index in [1.165, 1.54) is 141 Å². The summed E-state index contributed by atoms with van der Waals surface area (Å²) in [5.41, 5.74) is 28.0. The molecule has 2 spiro atoms. The van der Waals surface area contributed by atoms with E-state index in [0.717, 1.165) is 56.2 Å². The molecule has 6 aliphatic rings. The normalized spacial score (nSPS) is 14.2. The second-order valence-electron chi connectivity index (χ2n) is 33.4. The molecule has 6 aliphatic heterocycles. The molecule has 600 valence electrons. The number of hydrogen-bond acceptors (Lipinski definition) is 4. The number of halogens is 2. The molecule has 10 heteroatoms. The van der Waals surface area contributed by atoms with Crippen LogP contribution in [0.25, 0.3) is 0 Å². The first-order valence-corrected chi connectivity index (χ1v) is 47.2. The summed E-state index contributed by atoms with van der Waals surface area (Å²) in [7, 11) is -5.21. The fourth-order valence-corrected chi connectivity index (χ4v) is 33.5. The first-order chi connectivity index (χ1) is 60.6. The molecule has 0 amide bonds. The Bertz CT molecular complexity index is 6680. The van der Waals surface area contributed by atoms with Gasteiger partial charge in [-0.05, 0) is 164 Å². The molecular formula is C115H90B2ClIN2O2Si2. The van der Waals surface area contributed by atoms with Crippen LogP contribution in [0.1, 0.15) is 74.2 Å². The van der Waals surface area contributed by atoms with E-state index in [0.29, 0.717) is 0 Å². The minimum Gasteiger partial charge on any atom is -0.457 e. The topological polar surface area (TPSA) is 33.7 Å². The first-order valence-electron chi connectivity index (χ1n) is 42.8. The van der Waals surface area contributed by atoms with Gasteiger partial charge < -0.3 is 19.7 Å². The van der Waals surface area contributed by atoms with E-state index in [1.807, 2.05) is 12.1 Å². The van der Waals surface area contributed by atoms with Crippen LogP contribution >= 0.6 is 35.6 Å². The quantitative estimate of drug-likeness (QED) is 0.127.